The average Bonchev–Trinajstić information content (AvgIpc) is 3.20. The van der Waals surface area contributed by atoms with E-state index < -0.39 is 0 Å². The highest BCUT2D eigenvalue weighted by Crippen LogP contribution is 2.16. The number of aromatic nitrogens is 1. The number of hydrogen-bond donors (Lipinski definition) is 2. The molecule has 1 aromatic carbocycles. The van der Waals surface area contributed by atoms with Crippen molar-refractivity contribution >= 4 is 17.5 Å². The molecule has 0 saturated carbocycles. The van der Waals surface area contributed by atoms with Gasteiger partial charge in [-0.2, -0.15) is 0 Å². The van der Waals surface area contributed by atoms with Crippen LogP contribution in [0.15, 0.2) is 42.5 Å². The number of rotatable bonds is 6. The molecule has 0 bridgehead atoms. The van der Waals surface area contributed by atoms with Gasteiger partial charge < -0.3 is 15.4 Å². The number of amides is 2. The number of para-hydroxylation sites is 1. The Morgan fingerprint density at radius 3 is 2.62 bits per heavy atom. The first-order chi connectivity index (χ1) is 12.7. The molecular weight excluding hydrogens is 330 g/mol. The smallest absolute Gasteiger partial charge is 0.274 e. The van der Waals surface area contributed by atoms with Crippen molar-refractivity contribution in [3.05, 3.63) is 59.4 Å². The van der Waals surface area contributed by atoms with E-state index in [1.165, 1.54) is 0 Å². The van der Waals surface area contributed by atoms with Crippen LogP contribution < -0.4 is 10.6 Å². The molecule has 3 rings (SSSR count). The predicted molar refractivity (Wildman–Crippen MR) is 99.3 cm³/mol. The number of ether oxygens (including phenoxy) is 1. The van der Waals surface area contributed by atoms with Crippen LogP contribution >= 0.6 is 0 Å². The Labute approximate surface area is 153 Å². The van der Waals surface area contributed by atoms with E-state index in [-0.39, 0.29) is 29.3 Å². The van der Waals surface area contributed by atoms with E-state index in [0.29, 0.717) is 6.54 Å². The van der Waals surface area contributed by atoms with E-state index in [1.54, 1.807) is 18.2 Å². The Balaban J connectivity index is 1.65. The van der Waals surface area contributed by atoms with Crippen LogP contribution in [-0.4, -0.2) is 36.1 Å². The molecule has 2 aromatic rings. The van der Waals surface area contributed by atoms with E-state index in [1.807, 2.05) is 31.2 Å². The summed E-state index contributed by atoms with van der Waals surface area (Å²) in [5.41, 5.74) is 2.24. The van der Waals surface area contributed by atoms with Crippen LogP contribution in [0.3, 0.4) is 0 Å². The van der Waals surface area contributed by atoms with Crippen molar-refractivity contribution in [1.29, 1.82) is 0 Å². The number of pyridine rings is 1. The highest BCUT2D eigenvalue weighted by Gasteiger charge is 2.18. The summed E-state index contributed by atoms with van der Waals surface area (Å²) in [5.74, 6) is -0.635. The molecule has 26 heavy (non-hydrogen) atoms. The molecule has 1 saturated heterocycles. The molecule has 136 valence electrons. The molecule has 2 amide bonds. The topological polar surface area (TPSA) is 80.3 Å². The number of carbonyl (C=O) groups excluding carboxylic acids is 2. The van der Waals surface area contributed by atoms with Gasteiger partial charge >= 0.3 is 0 Å². The van der Waals surface area contributed by atoms with Crippen LogP contribution in [0.1, 0.15) is 46.3 Å². The van der Waals surface area contributed by atoms with Gasteiger partial charge in [0.1, 0.15) is 11.4 Å². The molecule has 1 fully saturated rings. The summed E-state index contributed by atoms with van der Waals surface area (Å²) in [6.07, 6.45) is 2.85. The largest absolute Gasteiger partial charge is 0.376 e. The molecule has 0 spiro atoms. The lowest BCUT2D eigenvalue weighted by molar-refractivity contribution is 0.0853. The Hall–Kier alpha value is -2.73. The monoisotopic (exact) mass is 353 g/mol. The second-order valence-corrected chi connectivity index (χ2v) is 6.22. The van der Waals surface area contributed by atoms with Crippen molar-refractivity contribution in [2.24, 2.45) is 0 Å². The Bertz CT molecular complexity index is 785. The maximum absolute atomic E-state index is 12.5. The molecule has 6 nitrogen and oxygen atoms in total. The van der Waals surface area contributed by atoms with Crippen molar-refractivity contribution in [3.63, 3.8) is 0 Å². The minimum absolute atomic E-state index is 0.0657. The average molecular weight is 353 g/mol. The third-order valence-electron chi connectivity index (χ3n) is 4.38. The van der Waals surface area contributed by atoms with Crippen molar-refractivity contribution < 1.29 is 14.3 Å². The van der Waals surface area contributed by atoms with Crippen LogP contribution in [0.5, 0.6) is 0 Å². The number of aryl methyl sites for hydroxylation is 1. The third-order valence-corrected chi connectivity index (χ3v) is 4.38. The lowest BCUT2D eigenvalue weighted by atomic mass is 10.1. The predicted octanol–water partition coefficient (Wildman–Crippen LogP) is 2.81. The SMILES string of the molecule is CCc1ccccc1NC(=O)c1cccc(C(=O)NCC2CCCO2)n1. The van der Waals surface area contributed by atoms with Gasteiger partial charge in [0, 0.05) is 18.8 Å². The van der Waals surface area contributed by atoms with Crippen LogP contribution in [0, 0.1) is 0 Å². The molecule has 1 atom stereocenters. The highest BCUT2D eigenvalue weighted by atomic mass is 16.5. The summed E-state index contributed by atoms with van der Waals surface area (Å²) >= 11 is 0. The highest BCUT2D eigenvalue weighted by molar-refractivity contribution is 6.04. The molecule has 1 aliphatic rings. The Kier molecular flexibility index (Phi) is 5.96. The van der Waals surface area contributed by atoms with Crippen LogP contribution in [0.2, 0.25) is 0 Å². The number of carbonyl (C=O) groups is 2. The zero-order valence-corrected chi connectivity index (χ0v) is 14.8. The van der Waals surface area contributed by atoms with Crippen LogP contribution in [0.25, 0.3) is 0 Å². The minimum atomic E-state index is -0.334. The Morgan fingerprint density at radius 1 is 1.12 bits per heavy atom. The summed E-state index contributed by atoms with van der Waals surface area (Å²) in [4.78, 5) is 29.0. The number of nitrogens with zero attached hydrogens (tertiary/aromatic N) is 1. The molecule has 1 aromatic heterocycles. The van der Waals surface area contributed by atoms with Crippen molar-refractivity contribution in [2.75, 3.05) is 18.5 Å². The van der Waals surface area contributed by atoms with E-state index in [4.69, 9.17) is 4.74 Å². The molecule has 0 aliphatic carbocycles. The molecular formula is C20H23N3O3. The van der Waals surface area contributed by atoms with Crippen LogP contribution in [0.4, 0.5) is 5.69 Å². The van der Waals surface area contributed by atoms with E-state index in [0.717, 1.165) is 37.1 Å². The number of benzene rings is 1. The zero-order valence-electron chi connectivity index (χ0n) is 14.8. The van der Waals surface area contributed by atoms with Gasteiger partial charge in [0.2, 0.25) is 0 Å². The normalized spacial score (nSPS) is 16.3. The van der Waals surface area contributed by atoms with Crippen molar-refractivity contribution in [1.82, 2.24) is 10.3 Å². The van der Waals surface area contributed by atoms with Crippen molar-refractivity contribution in [3.8, 4) is 0 Å². The first kappa shape index (κ1) is 18.1. The standard InChI is InChI=1S/C20H23N3O3/c1-2-14-7-3-4-9-16(14)23-20(25)18-11-5-10-17(22-18)19(24)21-13-15-8-6-12-26-15/h3-5,7,9-11,15H,2,6,8,12-13H2,1H3,(H,21,24)(H,23,25). The maximum Gasteiger partial charge on any atom is 0.274 e. The molecule has 1 unspecified atom stereocenters. The molecule has 6 heteroatoms. The maximum atomic E-state index is 12.5. The fraction of sp³-hybridized carbons (Fsp3) is 0.350. The van der Waals surface area contributed by atoms with E-state index in [2.05, 4.69) is 15.6 Å². The molecule has 0 radical (unpaired) electrons. The fourth-order valence-electron chi connectivity index (χ4n) is 2.93. The van der Waals surface area contributed by atoms with Gasteiger partial charge in [-0.3, -0.25) is 9.59 Å². The summed E-state index contributed by atoms with van der Waals surface area (Å²) < 4.78 is 5.49. The molecule has 2 N–H and O–H groups in total. The van der Waals surface area contributed by atoms with E-state index >= 15 is 0 Å². The lowest BCUT2D eigenvalue weighted by Crippen LogP contribution is -2.32. The van der Waals surface area contributed by atoms with Gasteiger partial charge in [-0.15, -0.1) is 0 Å². The lowest BCUT2D eigenvalue weighted by Gasteiger charge is -2.11. The summed E-state index contributed by atoms with van der Waals surface area (Å²) in [6.45, 7) is 3.23. The van der Waals surface area contributed by atoms with E-state index in [9.17, 15) is 9.59 Å². The van der Waals surface area contributed by atoms with Gasteiger partial charge in [-0.1, -0.05) is 31.2 Å². The first-order valence-corrected chi connectivity index (χ1v) is 8.93. The fourth-order valence-corrected chi connectivity index (χ4v) is 2.93. The van der Waals surface area contributed by atoms with Crippen molar-refractivity contribution in [2.45, 2.75) is 32.3 Å². The molecule has 2 heterocycles. The first-order valence-electron chi connectivity index (χ1n) is 8.93. The Morgan fingerprint density at radius 2 is 1.88 bits per heavy atom. The van der Waals surface area contributed by atoms with Gasteiger partial charge in [0.25, 0.3) is 11.8 Å². The van der Waals surface area contributed by atoms with Gasteiger partial charge in [0.05, 0.1) is 6.10 Å². The second kappa shape index (κ2) is 8.58. The van der Waals surface area contributed by atoms with Gasteiger partial charge in [0.15, 0.2) is 0 Å². The number of nitrogens with one attached hydrogen (secondary N) is 2. The van der Waals surface area contributed by atoms with Gasteiger partial charge in [-0.25, -0.2) is 4.98 Å². The summed E-state index contributed by atoms with van der Waals surface area (Å²) in [5, 5.41) is 5.68. The van der Waals surface area contributed by atoms with Crippen LogP contribution in [-0.2, 0) is 11.2 Å². The zero-order chi connectivity index (χ0) is 18.4. The number of anilines is 1. The minimum Gasteiger partial charge on any atom is -0.376 e. The third kappa shape index (κ3) is 4.46. The molecule has 1 aliphatic heterocycles. The summed E-state index contributed by atoms with van der Waals surface area (Å²) in [6, 6.07) is 12.5. The number of hydrogen-bond acceptors (Lipinski definition) is 4. The quantitative estimate of drug-likeness (QED) is 0.837. The second-order valence-electron chi connectivity index (χ2n) is 6.22. The summed E-state index contributed by atoms with van der Waals surface area (Å²) in [7, 11) is 0. The van der Waals surface area contributed by atoms with Gasteiger partial charge in [-0.05, 0) is 43.0 Å².